The Hall–Kier alpha value is -1.38. The molecule has 0 aliphatic carbocycles. The summed E-state index contributed by atoms with van der Waals surface area (Å²) >= 11 is 0. The van der Waals surface area contributed by atoms with Crippen molar-refractivity contribution in [3.05, 3.63) is 10.4 Å². The van der Waals surface area contributed by atoms with Gasteiger partial charge >= 0.3 is 0 Å². The zero-order valence-corrected chi connectivity index (χ0v) is 8.98. The Morgan fingerprint density at radius 1 is 1.71 bits per heavy atom. The van der Waals surface area contributed by atoms with Crippen molar-refractivity contribution in [3.8, 4) is 0 Å². The number of hydrogen-bond donors (Lipinski definition) is 4. The number of hydrogen-bond acceptors (Lipinski definition) is 6. The number of carbonyl (C=O) groups excluding carboxylic acids is 1. The molecule has 1 fully saturated rings. The van der Waals surface area contributed by atoms with Crippen LogP contribution in [0, 0.1) is 0 Å². The van der Waals surface area contributed by atoms with E-state index in [2.05, 4.69) is 15.3 Å². The molecule has 0 aromatic carbocycles. The van der Waals surface area contributed by atoms with Gasteiger partial charge in [-0.05, 0) is 5.53 Å². The van der Waals surface area contributed by atoms with Gasteiger partial charge in [0.05, 0.1) is 18.8 Å². The molecule has 4 N–H and O–H groups in total. The van der Waals surface area contributed by atoms with E-state index in [9.17, 15) is 15.0 Å². The summed E-state index contributed by atoms with van der Waals surface area (Å²) in [5.41, 5.74) is 8.02. The number of nitrogens with zero attached hydrogens (tertiary/aromatic N) is 3. The van der Waals surface area contributed by atoms with E-state index < -0.39 is 30.6 Å². The van der Waals surface area contributed by atoms with Crippen LogP contribution in [0.1, 0.15) is 12.8 Å². The Labute approximate surface area is 96.6 Å². The van der Waals surface area contributed by atoms with E-state index in [0.717, 1.165) is 0 Å². The molecule has 9 heteroatoms. The van der Waals surface area contributed by atoms with Gasteiger partial charge in [0.25, 0.3) is 5.91 Å². The van der Waals surface area contributed by atoms with Gasteiger partial charge in [0, 0.05) is 17.8 Å². The Balaban J connectivity index is 2.59. The van der Waals surface area contributed by atoms with Crippen LogP contribution in [0.2, 0.25) is 0 Å². The molecule has 1 unspecified atom stereocenters. The monoisotopic (exact) mass is 246 g/mol. The molecule has 1 rings (SSSR count). The van der Waals surface area contributed by atoms with Gasteiger partial charge in [-0.15, -0.1) is 0 Å². The average molecular weight is 246 g/mol. The van der Waals surface area contributed by atoms with Crippen LogP contribution in [-0.4, -0.2) is 52.5 Å². The van der Waals surface area contributed by atoms with E-state index in [1.807, 2.05) is 0 Å². The highest BCUT2D eigenvalue weighted by Crippen LogP contribution is 2.24. The minimum atomic E-state index is -2.05. The van der Waals surface area contributed by atoms with E-state index in [0.29, 0.717) is 0 Å². The van der Waals surface area contributed by atoms with Crippen LogP contribution >= 0.6 is 0 Å². The third-order valence-electron chi connectivity index (χ3n) is 2.22. The van der Waals surface area contributed by atoms with Crippen molar-refractivity contribution in [1.29, 1.82) is 0 Å². The predicted molar refractivity (Wildman–Crippen MR) is 54.3 cm³/mol. The summed E-state index contributed by atoms with van der Waals surface area (Å²) in [5, 5.41) is 33.3. The highest BCUT2D eigenvalue weighted by atomic mass is 16.7. The lowest BCUT2D eigenvalue weighted by Crippen LogP contribution is -2.58. The molecular formula is C8H14N4O5. The van der Waals surface area contributed by atoms with Gasteiger partial charge in [-0.2, -0.15) is 0 Å². The van der Waals surface area contributed by atoms with Crippen molar-refractivity contribution in [1.82, 2.24) is 5.32 Å². The number of amides is 1. The van der Waals surface area contributed by atoms with E-state index in [1.54, 1.807) is 0 Å². The number of aliphatic hydroxyl groups excluding tert-OH is 2. The minimum absolute atomic E-state index is 0.172. The van der Waals surface area contributed by atoms with Gasteiger partial charge in [0.1, 0.15) is 6.54 Å². The van der Waals surface area contributed by atoms with Gasteiger partial charge in [-0.25, -0.2) is 0 Å². The van der Waals surface area contributed by atoms with Crippen LogP contribution in [0.5, 0.6) is 0 Å². The number of nitrogens with one attached hydrogen (secondary N) is 1. The molecule has 0 bridgehead atoms. The van der Waals surface area contributed by atoms with Crippen molar-refractivity contribution in [3.63, 3.8) is 0 Å². The fourth-order valence-corrected chi connectivity index (χ4v) is 1.62. The second-order valence-corrected chi connectivity index (χ2v) is 3.74. The summed E-state index contributed by atoms with van der Waals surface area (Å²) < 4.78 is 5.02. The first-order chi connectivity index (χ1) is 7.99. The lowest BCUT2D eigenvalue weighted by atomic mass is 10.0. The van der Waals surface area contributed by atoms with Crippen LogP contribution < -0.4 is 5.32 Å². The second kappa shape index (κ2) is 5.80. The molecule has 3 atom stereocenters. The summed E-state index contributed by atoms with van der Waals surface area (Å²) in [6.45, 7) is -0.867. The van der Waals surface area contributed by atoms with Gasteiger partial charge in [0.15, 0.2) is 0 Å². The molecule has 0 saturated carbocycles. The van der Waals surface area contributed by atoms with Crippen LogP contribution in [0.3, 0.4) is 0 Å². The molecule has 96 valence electrons. The van der Waals surface area contributed by atoms with E-state index in [-0.39, 0.29) is 19.4 Å². The van der Waals surface area contributed by atoms with E-state index in [1.165, 1.54) is 0 Å². The standard InChI is InChI=1S/C8H14N4O5/c9-12-10-3-7(15)11-8(16)2-5(14)1-6(4-13)17-8/h5-6,13-14,16H,1-4H2,(H,11,15)/t5-,6-,8?/m0/s1. The fourth-order valence-electron chi connectivity index (χ4n) is 1.62. The second-order valence-electron chi connectivity index (χ2n) is 3.74. The largest absolute Gasteiger partial charge is 0.394 e. The molecule has 0 aromatic heterocycles. The molecule has 1 heterocycles. The zero-order valence-electron chi connectivity index (χ0n) is 8.98. The summed E-state index contributed by atoms with van der Waals surface area (Å²) in [4.78, 5) is 13.6. The van der Waals surface area contributed by atoms with Crippen molar-refractivity contribution >= 4 is 5.91 Å². The van der Waals surface area contributed by atoms with Crippen molar-refractivity contribution in [2.45, 2.75) is 31.0 Å². The molecule has 1 amide bonds. The Bertz CT molecular complexity index is 332. The first-order valence-corrected chi connectivity index (χ1v) is 5.00. The van der Waals surface area contributed by atoms with Gasteiger partial charge < -0.3 is 25.4 Å². The summed E-state index contributed by atoms with van der Waals surface area (Å²) in [5.74, 6) is -2.79. The molecular weight excluding hydrogens is 232 g/mol. The smallest absolute Gasteiger partial charge is 0.251 e. The molecule has 9 nitrogen and oxygen atoms in total. The van der Waals surface area contributed by atoms with Crippen LogP contribution in [0.15, 0.2) is 5.11 Å². The summed E-state index contributed by atoms with van der Waals surface area (Å²) in [6, 6.07) is 0. The number of carbonyl (C=O) groups is 1. The maximum Gasteiger partial charge on any atom is 0.251 e. The molecule has 1 aliphatic rings. The fraction of sp³-hybridized carbons (Fsp3) is 0.875. The van der Waals surface area contributed by atoms with Crippen LogP contribution in [0.4, 0.5) is 0 Å². The Morgan fingerprint density at radius 2 is 2.41 bits per heavy atom. The number of azide groups is 1. The molecule has 17 heavy (non-hydrogen) atoms. The third kappa shape index (κ3) is 4.17. The van der Waals surface area contributed by atoms with Gasteiger partial charge in [0.2, 0.25) is 5.91 Å². The maximum absolute atomic E-state index is 11.2. The van der Waals surface area contributed by atoms with Crippen LogP contribution in [-0.2, 0) is 9.53 Å². The highest BCUT2D eigenvalue weighted by Gasteiger charge is 2.40. The summed E-state index contributed by atoms with van der Waals surface area (Å²) in [7, 11) is 0. The molecule has 1 aliphatic heterocycles. The lowest BCUT2D eigenvalue weighted by Gasteiger charge is -2.38. The van der Waals surface area contributed by atoms with Gasteiger partial charge in [-0.1, -0.05) is 5.11 Å². The Morgan fingerprint density at radius 3 is 3.00 bits per heavy atom. The average Bonchev–Trinajstić information content (AvgIpc) is 2.24. The first kappa shape index (κ1) is 13.7. The number of ether oxygens (including phenoxy) is 1. The first-order valence-electron chi connectivity index (χ1n) is 5.00. The highest BCUT2D eigenvalue weighted by molar-refractivity contribution is 5.78. The summed E-state index contributed by atoms with van der Waals surface area (Å²) in [6.07, 6.45) is -1.70. The maximum atomic E-state index is 11.2. The molecule has 0 aromatic rings. The quantitative estimate of drug-likeness (QED) is 0.208. The van der Waals surface area contributed by atoms with Gasteiger partial charge in [-0.3, -0.25) is 4.79 Å². The number of aliphatic hydroxyl groups is 3. The van der Waals surface area contributed by atoms with E-state index in [4.69, 9.17) is 15.4 Å². The topological polar surface area (TPSA) is 148 Å². The molecule has 0 radical (unpaired) electrons. The van der Waals surface area contributed by atoms with Crippen molar-refractivity contribution in [2.75, 3.05) is 13.2 Å². The number of rotatable bonds is 4. The zero-order chi connectivity index (χ0) is 12.9. The molecule has 0 spiro atoms. The SMILES string of the molecule is [N-]=[N+]=NCC(=O)NC1(O)C[C@@H](O)C[C@@H](CO)O1. The van der Waals surface area contributed by atoms with Crippen molar-refractivity contribution in [2.24, 2.45) is 5.11 Å². The molecule has 1 saturated heterocycles. The normalized spacial score (nSPS) is 32.6. The van der Waals surface area contributed by atoms with Crippen LogP contribution in [0.25, 0.3) is 10.4 Å². The Kier molecular flexibility index (Phi) is 4.67. The minimum Gasteiger partial charge on any atom is -0.394 e. The lowest BCUT2D eigenvalue weighted by molar-refractivity contribution is -0.289. The third-order valence-corrected chi connectivity index (χ3v) is 2.22. The van der Waals surface area contributed by atoms with E-state index >= 15 is 0 Å². The van der Waals surface area contributed by atoms with Crippen molar-refractivity contribution < 1.29 is 24.9 Å². The predicted octanol–water partition coefficient (Wildman–Crippen LogP) is -1.41.